The number of rotatable bonds is 4. The second kappa shape index (κ2) is 5.11. The molecule has 4 aliphatic rings. The van der Waals surface area contributed by atoms with E-state index < -0.39 is 17.8 Å². The molecular weight excluding hydrogens is 294 g/mol. The number of amides is 1. The van der Waals surface area contributed by atoms with E-state index in [0.717, 1.165) is 6.42 Å². The van der Waals surface area contributed by atoms with Crippen LogP contribution < -0.4 is 10.1 Å². The third kappa shape index (κ3) is 2.22. The van der Waals surface area contributed by atoms with Crippen molar-refractivity contribution in [3.05, 3.63) is 36.4 Å². The predicted octanol–water partition coefficient (Wildman–Crippen LogP) is 2.40. The molecule has 1 amide bonds. The van der Waals surface area contributed by atoms with Crippen LogP contribution in [0.25, 0.3) is 0 Å². The number of allylic oxidation sites excluding steroid dienone is 2. The highest BCUT2D eigenvalue weighted by Gasteiger charge is 2.62. The molecule has 2 saturated carbocycles. The van der Waals surface area contributed by atoms with Crippen LogP contribution in [0.1, 0.15) is 6.42 Å². The third-order valence-electron chi connectivity index (χ3n) is 5.60. The zero-order valence-corrected chi connectivity index (χ0v) is 12.8. The number of carboxylic acids is 1. The number of carbonyl (C=O) groups excluding carboxylic acids is 1. The number of carbonyl (C=O) groups is 2. The number of methoxy groups -OCH3 is 1. The molecule has 0 spiro atoms. The molecule has 5 nitrogen and oxygen atoms in total. The maximum Gasteiger partial charge on any atom is 0.307 e. The summed E-state index contributed by atoms with van der Waals surface area (Å²) in [5, 5.41) is 12.5. The van der Waals surface area contributed by atoms with E-state index in [9.17, 15) is 14.7 Å². The fourth-order valence-corrected chi connectivity index (χ4v) is 4.47. The van der Waals surface area contributed by atoms with Crippen molar-refractivity contribution in [3.8, 4) is 5.75 Å². The first kappa shape index (κ1) is 14.3. The van der Waals surface area contributed by atoms with Crippen LogP contribution in [0.5, 0.6) is 5.75 Å². The van der Waals surface area contributed by atoms with Gasteiger partial charge in [-0.15, -0.1) is 0 Å². The first-order valence-corrected chi connectivity index (χ1v) is 7.96. The molecule has 5 rings (SSSR count). The summed E-state index contributed by atoms with van der Waals surface area (Å²) in [4.78, 5) is 24.5. The van der Waals surface area contributed by atoms with Crippen molar-refractivity contribution >= 4 is 17.6 Å². The Morgan fingerprint density at radius 1 is 1.09 bits per heavy atom. The topological polar surface area (TPSA) is 75.6 Å². The van der Waals surface area contributed by atoms with Crippen LogP contribution in [0.15, 0.2) is 36.4 Å². The van der Waals surface area contributed by atoms with Crippen molar-refractivity contribution in [2.45, 2.75) is 6.42 Å². The van der Waals surface area contributed by atoms with Crippen molar-refractivity contribution in [1.29, 1.82) is 0 Å². The second-order valence-corrected chi connectivity index (χ2v) is 6.71. The zero-order valence-electron chi connectivity index (χ0n) is 12.8. The Labute approximate surface area is 134 Å². The van der Waals surface area contributed by atoms with Gasteiger partial charge in [-0.2, -0.15) is 0 Å². The van der Waals surface area contributed by atoms with Gasteiger partial charge in [0, 0.05) is 5.69 Å². The number of nitrogens with one attached hydrogen (secondary N) is 1. The monoisotopic (exact) mass is 313 g/mol. The van der Waals surface area contributed by atoms with E-state index >= 15 is 0 Å². The van der Waals surface area contributed by atoms with E-state index in [-0.39, 0.29) is 17.7 Å². The van der Waals surface area contributed by atoms with Crippen molar-refractivity contribution < 1.29 is 19.4 Å². The molecule has 0 aliphatic heterocycles. The number of aliphatic carboxylic acids is 1. The molecule has 23 heavy (non-hydrogen) atoms. The summed E-state index contributed by atoms with van der Waals surface area (Å²) in [6, 6.07) is 7.08. The summed E-state index contributed by atoms with van der Waals surface area (Å²) in [5.74, 6) is -0.383. The predicted molar refractivity (Wildman–Crippen MR) is 84.0 cm³/mol. The Kier molecular flexibility index (Phi) is 3.18. The van der Waals surface area contributed by atoms with Gasteiger partial charge in [-0.05, 0) is 54.4 Å². The standard InChI is InChI=1S/C18H19NO4/c1-23-10-4-2-9(3-5-10)19-17(20)15-11-6-7-12(14-8-13(11)14)16(15)18(21)22/h2-7,11-16H,8H2,1H3,(H,19,20)(H,21,22)/t11-,12-,13+,14-,15+,16-/m0/s1. The summed E-state index contributed by atoms with van der Waals surface area (Å²) >= 11 is 0. The minimum absolute atomic E-state index is 0.00844. The lowest BCUT2D eigenvalue weighted by Gasteiger charge is -2.41. The summed E-state index contributed by atoms with van der Waals surface area (Å²) in [7, 11) is 1.59. The molecule has 0 aromatic heterocycles. The molecule has 0 heterocycles. The molecule has 6 atom stereocenters. The molecule has 0 unspecified atom stereocenters. The fourth-order valence-electron chi connectivity index (χ4n) is 4.47. The minimum atomic E-state index is -0.857. The van der Waals surface area contributed by atoms with Gasteiger partial charge in [-0.25, -0.2) is 0 Å². The van der Waals surface area contributed by atoms with Gasteiger partial charge in [-0.3, -0.25) is 9.59 Å². The van der Waals surface area contributed by atoms with Gasteiger partial charge in [0.25, 0.3) is 0 Å². The molecular formula is C18H19NO4. The Hall–Kier alpha value is -2.30. The number of benzene rings is 1. The maximum absolute atomic E-state index is 12.8. The molecule has 1 aromatic rings. The van der Waals surface area contributed by atoms with Crippen LogP contribution >= 0.6 is 0 Å². The molecule has 2 fully saturated rings. The molecule has 0 saturated heterocycles. The number of fused-ring (bicyclic) bond motifs is 1. The van der Waals surface area contributed by atoms with Crippen molar-refractivity contribution in [3.63, 3.8) is 0 Å². The Bertz CT molecular complexity index is 681. The Balaban J connectivity index is 1.56. The highest BCUT2D eigenvalue weighted by Crippen LogP contribution is 2.63. The maximum atomic E-state index is 12.8. The lowest BCUT2D eigenvalue weighted by molar-refractivity contribution is -0.152. The number of hydrogen-bond donors (Lipinski definition) is 2. The van der Waals surface area contributed by atoms with Gasteiger partial charge in [0.1, 0.15) is 5.75 Å². The molecule has 2 N–H and O–H groups in total. The Morgan fingerprint density at radius 2 is 1.70 bits per heavy atom. The SMILES string of the molecule is COc1ccc(NC(=O)[C@@H]2[C@H]3C=C[C@@H]([C@@H]4C[C@H]34)[C@@H]2C(=O)O)cc1. The largest absolute Gasteiger partial charge is 0.497 e. The van der Waals surface area contributed by atoms with Gasteiger partial charge in [0.2, 0.25) is 5.91 Å². The molecule has 5 heteroatoms. The van der Waals surface area contributed by atoms with E-state index in [1.807, 2.05) is 6.08 Å². The molecule has 4 aliphatic carbocycles. The lowest BCUT2D eigenvalue weighted by atomic mass is 9.62. The lowest BCUT2D eigenvalue weighted by Crippen LogP contribution is -2.48. The van der Waals surface area contributed by atoms with Gasteiger partial charge >= 0.3 is 5.97 Å². The quantitative estimate of drug-likeness (QED) is 0.837. The number of carboxylic acid groups (broad SMARTS) is 1. The van der Waals surface area contributed by atoms with E-state index in [0.29, 0.717) is 23.3 Å². The van der Waals surface area contributed by atoms with E-state index in [1.54, 1.807) is 31.4 Å². The highest BCUT2D eigenvalue weighted by atomic mass is 16.5. The van der Waals surface area contributed by atoms with Gasteiger partial charge < -0.3 is 15.2 Å². The fraction of sp³-hybridized carbons (Fsp3) is 0.444. The highest BCUT2D eigenvalue weighted by molar-refractivity contribution is 5.96. The van der Waals surface area contributed by atoms with Gasteiger partial charge in [0.15, 0.2) is 0 Å². The summed E-state index contributed by atoms with van der Waals surface area (Å²) < 4.78 is 5.10. The average Bonchev–Trinajstić information content (AvgIpc) is 3.37. The van der Waals surface area contributed by atoms with Crippen molar-refractivity contribution in [2.75, 3.05) is 12.4 Å². The van der Waals surface area contributed by atoms with Crippen LogP contribution in [0.3, 0.4) is 0 Å². The zero-order chi connectivity index (χ0) is 16.1. The van der Waals surface area contributed by atoms with E-state index in [4.69, 9.17) is 4.74 Å². The number of hydrogen-bond acceptors (Lipinski definition) is 3. The van der Waals surface area contributed by atoms with Crippen LogP contribution in [0, 0.1) is 35.5 Å². The summed E-state index contributed by atoms with van der Waals surface area (Å²) in [6.45, 7) is 0. The van der Waals surface area contributed by atoms with Crippen LogP contribution in [0.2, 0.25) is 0 Å². The Morgan fingerprint density at radius 3 is 2.26 bits per heavy atom. The smallest absolute Gasteiger partial charge is 0.307 e. The first-order valence-electron chi connectivity index (χ1n) is 7.96. The van der Waals surface area contributed by atoms with E-state index in [2.05, 4.69) is 11.4 Å². The van der Waals surface area contributed by atoms with Crippen LogP contribution in [0.4, 0.5) is 5.69 Å². The number of anilines is 1. The van der Waals surface area contributed by atoms with Crippen LogP contribution in [-0.4, -0.2) is 24.1 Å². The second-order valence-electron chi connectivity index (χ2n) is 6.71. The minimum Gasteiger partial charge on any atom is -0.497 e. The molecule has 0 radical (unpaired) electrons. The summed E-state index contributed by atoms with van der Waals surface area (Å²) in [5.41, 5.74) is 0.665. The third-order valence-corrected chi connectivity index (χ3v) is 5.60. The number of ether oxygens (including phenoxy) is 1. The van der Waals surface area contributed by atoms with Crippen LogP contribution in [-0.2, 0) is 9.59 Å². The molecule has 120 valence electrons. The molecule has 2 bridgehead atoms. The van der Waals surface area contributed by atoms with Gasteiger partial charge in [0.05, 0.1) is 18.9 Å². The normalized spacial score (nSPS) is 36.2. The summed E-state index contributed by atoms with van der Waals surface area (Å²) in [6.07, 6.45) is 5.14. The van der Waals surface area contributed by atoms with E-state index in [1.165, 1.54) is 0 Å². The van der Waals surface area contributed by atoms with Crippen molar-refractivity contribution in [2.24, 2.45) is 35.5 Å². The first-order chi connectivity index (χ1) is 11.1. The van der Waals surface area contributed by atoms with Crippen molar-refractivity contribution in [1.82, 2.24) is 0 Å². The molecule has 1 aromatic carbocycles. The average molecular weight is 313 g/mol. The van der Waals surface area contributed by atoms with Gasteiger partial charge in [-0.1, -0.05) is 12.2 Å².